The van der Waals surface area contributed by atoms with Crippen molar-refractivity contribution in [3.8, 4) is 0 Å². The van der Waals surface area contributed by atoms with E-state index in [-0.39, 0.29) is 5.91 Å². The molecule has 0 bridgehead atoms. The Morgan fingerprint density at radius 1 is 1.24 bits per heavy atom. The van der Waals surface area contributed by atoms with Gasteiger partial charge in [-0.1, -0.05) is 18.2 Å². The van der Waals surface area contributed by atoms with Gasteiger partial charge in [-0.15, -0.1) is 0 Å². The summed E-state index contributed by atoms with van der Waals surface area (Å²) < 4.78 is 0. The van der Waals surface area contributed by atoms with Crippen LogP contribution >= 0.6 is 0 Å². The molecule has 1 aromatic heterocycles. The van der Waals surface area contributed by atoms with Gasteiger partial charge >= 0.3 is 0 Å². The molecule has 4 heteroatoms. The van der Waals surface area contributed by atoms with Crippen LogP contribution in [0.15, 0.2) is 36.5 Å². The average Bonchev–Trinajstić information content (AvgIpc) is 2.34. The Bertz CT molecular complexity index is 520. The number of nitrogens with zero attached hydrogens (tertiary/aromatic N) is 1. The summed E-state index contributed by atoms with van der Waals surface area (Å²) in [5.74, 6) is -0.0113. The number of fused-ring (bicyclic) bond motifs is 1. The molecular formula is C13H15N3O. The number of nitrogens with one attached hydrogen (secondary N) is 2. The Morgan fingerprint density at radius 3 is 2.88 bits per heavy atom. The number of anilines is 1. The molecule has 1 aromatic carbocycles. The third-order valence-electron chi connectivity index (χ3n) is 2.45. The fourth-order valence-electron chi connectivity index (χ4n) is 1.68. The van der Waals surface area contributed by atoms with Crippen molar-refractivity contribution in [2.75, 3.05) is 18.4 Å². The summed E-state index contributed by atoms with van der Waals surface area (Å²) in [6.07, 6.45) is 1.78. The molecule has 0 aliphatic carbocycles. The van der Waals surface area contributed by atoms with E-state index in [2.05, 4.69) is 15.6 Å². The Kier molecular flexibility index (Phi) is 3.55. The van der Waals surface area contributed by atoms with Crippen molar-refractivity contribution < 1.29 is 4.79 Å². The van der Waals surface area contributed by atoms with E-state index in [1.807, 2.05) is 30.3 Å². The summed E-state index contributed by atoms with van der Waals surface area (Å²) in [6.45, 7) is 2.81. The van der Waals surface area contributed by atoms with Crippen molar-refractivity contribution in [1.82, 2.24) is 10.3 Å². The van der Waals surface area contributed by atoms with E-state index < -0.39 is 0 Å². The first-order chi connectivity index (χ1) is 8.27. The van der Waals surface area contributed by atoms with Gasteiger partial charge in [0.2, 0.25) is 5.91 Å². The van der Waals surface area contributed by atoms with Gasteiger partial charge in [-0.2, -0.15) is 0 Å². The van der Waals surface area contributed by atoms with E-state index in [0.717, 1.165) is 16.6 Å². The molecule has 4 nitrogen and oxygen atoms in total. The number of amides is 1. The predicted octanol–water partition coefficient (Wildman–Crippen LogP) is 1.78. The minimum Gasteiger partial charge on any atom is -0.382 e. The number of hydrogen-bond acceptors (Lipinski definition) is 3. The lowest BCUT2D eigenvalue weighted by Crippen LogP contribution is -2.26. The molecule has 0 aliphatic rings. The van der Waals surface area contributed by atoms with Crippen LogP contribution in [0.25, 0.3) is 10.9 Å². The maximum atomic E-state index is 10.7. The summed E-state index contributed by atoms with van der Waals surface area (Å²) >= 11 is 0. The summed E-state index contributed by atoms with van der Waals surface area (Å²) in [6, 6.07) is 9.96. The number of hydrogen-bond donors (Lipinski definition) is 2. The molecule has 0 unspecified atom stereocenters. The van der Waals surface area contributed by atoms with Gasteiger partial charge < -0.3 is 10.6 Å². The second-order valence-corrected chi connectivity index (χ2v) is 3.79. The zero-order chi connectivity index (χ0) is 12.1. The molecule has 17 heavy (non-hydrogen) atoms. The first kappa shape index (κ1) is 11.4. The van der Waals surface area contributed by atoms with Crippen LogP contribution in [-0.4, -0.2) is 24.0 Å². The van der Waals surface area contributed by atoms with Crippen LogP contribution in [0.3, 0.4) is 0 Å². The first-order valence-electron chi connectivity index (χ1n) is 5.59. The van der Waals surface area contributed by atoms with Crippen molar-refractivity contribution in [3.05, 3.63) is 36.5 Å². The topological polar surface area (TPSA) is 54.0 Å². The molecule has 0 saturated heterocycles. The number of carbonyl (C=O) groups excluding carboxylic acids is 1. The van der Waals surface area contributed by atoms with Gasteiger partial charge in [0, 0.05) is 31.6 Å². The summed E-state index contributed by atoms with van der Waals surface area (Å²) in [4.78, 5) is 15.1. The largest absolute Gasteiger partial charge is 0.382 e. The van der Waals surface area contributed by atoms with Crippen molar-refractivity contribution in [3.63, 3.8) is 0 Å². The molecule has 2 rings (SSSR count). The molecular weight excluding hydrogens is 214 g/mol. The van der Waals surface area contributed by atoms with Crippen molar-refractivity contribution >= 4 is 22.5 Å². The monoisotopic (exact) mass is 229 g/mol. The number of benzene rings is 1. The Hall–Kier alpha value is -2.10. The van der Waals surface area contributed by atoms with Crippen LogP contribution in [0.2, 0.25) is 0 Å². The Labute approximate surface area is 100 Å². The van der Waals surface area contributed by atoms with E-state index in [0.29, 0.717) is 13.1 Å². The Balaban J connectivity index is 2.05. The lowest BCUT2D eigenvalue weighted by Gasteiger charge is -2.09. The van der Waals surface area contributed by atoms with E-state index in [9.17, 15) is 4.79 Å². The van der Waals surface area contributed by atoms with Gasteiger partial charge in [-0.05, 0) is 12.1 Å². The smallest absolute Gasteiger partial charge is 0.216 e. The highest BCUT2D eigenvalue weighted by Gasteiger charge is 2.00. The first-order valence-corrected chi connectivity index (χ1v) is 5.59. The molecule has 88 valence electrons. The maximum absolute atomic E-state index is 10.7. The standard InChI is InChI=1S/C13H15N3O/c1-10(17)14-8-9-15-12-6-2-4-11-5-3-7-16-13(11)12/h2-7,15H,8-9H2,1H3,(H,14,17). The predicted molar refractivity (Wildman–Crippen MR) is 68.9 cm³/mol. The summed E-state index contributed by atoms with van der Waals surface area (Å²) in [5.41, 5.74) is 1.95. The second kappa shape index (κ2) is 5.30. The van der Waals surface area contributed by atoms with Crippen molar-refractivity contribution in [2.45, 2.75) is 6.92 Å². The number of carbonyl (C=O) groups is 1. The second-order valence-electron chi connectivity index (χ2n) is 3.79. The number of para-hydroxylation sites is 1. The van der Waals surface area contributed by atoms with Crippen LogP contribution in [0.4, 0.5) is 5.69 Å². The summed E-state index contributed by atoms with van der Waals surface area (Å²) in [5, 5.41) is 7.12. The van der Waals surface area contributed by atoms with Gasteiger partial charge in [-0.3, -0.25) is 9.78 Å². The molecule has 0 aliphatic heterocycles. The number of rotatable bonds is 4. The molecule has 1 heterocycles. The van der Waals surface area contributed by atoms with E-state index in [1.165, 1.54) is 6.92 Å². The Morgan fingerprint density at radius 2 is 2.06 bits per heavy atom. The summed E-state index contributed by atoms with van der Waals surface area (Å²) in [7, 11) is 0. The zero-order valence-corrected chi connectivity index (χ0v) is 9.73. The zero-order valence-electron chi connectivity index (χ0n) is 9.73. The quantitative estimate of drug-likeness (QED) is 0.786. The van der Waals surface area contributed by atoms with Crippen LogP contribution in [-0.2, 0) is 4.79 Å². The average molecular weight is 229 g/mol. The molecule has 0 atom stereocenters. The van der Waals surface area contributed by atoms with Crippen LogP contribution in [0, 0.1) is 0 Å². The van der Waals surface area contributed by atoms with Crippen LogP contribution in [0.5, 0.6) is 0 Å². The molecule has 0 fully saturated rings. The SMILES string of the molecule is CC(=O)NCCNc1cccc2cccnc12. The molecule has 0 spiro atoms. The van der Waals surface area contributed by atoms with E-state index in [4.69, 9.17) is 0 Å². The normalized spacial score (nSPS) is 10.2. The molecule has 2 aromatic rings. The third-order valence-corrected chi connectivity index (χ3v) is 2.45. The van der Waals surface area contributed by atoms with Gasteiger partial charge in [0.1, 0.15) is 0 Å². The minimum absolute atomic E-state index is 0.0113. The van der Waals surface area contributed by atoms with Gasteiger partial charge in [0.25, 0.3) is 0 Å². The minimum atomic E-state index is -0.0113. The van der Waals surface area contributed by atoms with E-state index >= 15 is 0 Å². The third kappa shape index (κ3) is 2.93. The van der Waals surface area contributed by atoms with Crippen molar-refractivity contribution in [2.24, 2.45) is 0 Å². The van der Waals surface area contributed by atoms with Gasteiger partial charge in [0.05, 0.1) is 11.2 Å². The number of pyridine rings is 1. The fourth-order valence-corrected chi connectivity index (χ4v) is 1.68. The highest BCUT2D eigenvalue weighted by molar-refractivity contribution is 5.90. The van der Waals surface area contributed by atoms with Gasteiger partial charge in [-0.25, -0.2) is 0 Å². The fraction of sp³-hybridized carbons (Fsp3) is 0.231. The lowest BCUT2D eigenvalue weighted by atomic mass is 10.2. The van der Waals surface area contributed by atoms with Gasteiger partial charge in [0.15, 0.2) is 0 Å². The van der Waals surface area contributed by atoms with Crippen molar-refractivity contribution in [1.29, 1.82) is 0 Å². The van der Waals surface area contributed by atoms with E-state index in [1.54, 1.807) is 6.20 Å². The lowest BCUT2D eigenvalue weighted by molar-refractivity contribution is -0.118. The molecule has 2 N–H and O–H groups in total. The molecule has 1 amide bonds. The highest BCUT2D eigenvalue weighted by atomic mass is 16.1. The van der Waals surface area contributed by atoms with Crippen LogP contribution < -0.4 is 10.6 Å². The maximum Gasteiger partial charge on any atom is 0.216 e. The number of aromatic nitrogens is 1. The highest BCUT2D eigenvalue weighted by Crippen LogP contribution is 2.19. The van der Waals surface area contributed by atoms with Crippen LogP contribution in [0.1, 0.15) is 6.92 Å². The molecule has 0 saturated carbocycles. The molecule has 0 radical (unpaired) electrons.